The van der Waals surface area contributed by atoms with Crippen LogP contribution in [0.4, 0.5) is 0 Å². The van der Waals surface area contributed by atoms with E-state index in [4.69, 9.17) is 0 Å². The Kier molecular flexibility index (Phi) is 2.23. The Balaban J connectivity index is 2.70. The number of nitrogens with zero attached hydrogens (tertiary/aromatic N) is 1. The molecule has 0 aromatic heterocycles. The zero-order valence-electron chi connectivity index (χ0n) is 6.87. The highest BCUT2D eigenvalue weighted by Gasteiger charge is 2.18. The zero-order valence-corrected chi connectivity index (χ0v) is 7.69. The van der Waals surface area contributed by atoms with E-state index in [0.29, 0.717) is 0 Å². The van der Waals surface area contributed by atoms with Crippen molar-refractivity contribution in [1.29, 1.82) is 0 Å². The molecule has 0 N–H and O–H groups in total. The van der Waals surface area contributed by atoms with Gasteiger partial charge in [0.1, 0.15) is 0 Å². The van der Waals surface area contributed by atoms with Gasteiger partial charge in [0.25, 0.3) is 0 Å². The van der Waals surface area contributed by atoms with Crippen LogP contribution in [0, 0.1) is 0 Å². The number of sulfone groups is 1. The molecule has 1 aliphatic heterocycles. The van der Waals surface area contributed by atoms with Crippen molar-refractivity contribution >= 4 is 9.84 Å². The zero-order chi connectivity index (χ0) is 8.48. The molecule has 0 aromatic carbocycles. The van der Waals surface area contributed by atoms with Crippen LogP contribution in [-0.2, 0) is 9.84 Å². The van der Waals surface area contributed by atoms with Crippen LogP contribution < -0.4 is 0 Å². The molecule has 0 unspecified atom stereocenters. The first kappa shape index (κ1) is 8.59. The van der Waals surface area contributed by atoms with E-state index in [1.807, 2.05) is 11.8 Å². The fourth-order valence-corrected chi connectivity index (χ4v) is 1.66. The van der Waals surface area contributed by atoms with Gasteiger partial charge in [0, 0.05) is 24.2 Å². The minimum Gasteiger partial charge on any atom is -0.371 e. The molecule has 1 fully saturated rings. The second kappa shape index (κ2) is 2.85. The summed E-state index contributed by atoms with van der Waals surface area (Å²) in [4.78, 5) is 2.02. The summed E-state index contributed by atoms with van der Waals surface area (Å²) >= 11 is 0. The van der Waals surface area contributed by atoms with Crippen LogP contribution in [0.15, 0.2) is 11.1 Å². The Morgan fingerprint density at radius 3 is 2.45 bits per heavy atom. The second-order valence-electron chi connectivity index (χ2n) is 2.70. The van der Waals surface area contributed by atoms with Crippen LogP contribution in [0.25, 0.3) is 0 Å². The quantitative estimate of drug-likeness (QED) is 0.589. The maximum Gasteiger partial charge on any atom is 0.173 e. The van der Waals surface area contributed by atoms with Crippen LogP contribution in [0.2, 0.25) is 0 Å². The number of hydrogen-bond acceptors (Lipinski definition) is 3. The molecule has 64 valence electrons. The van der Waals surface area contributed by atoms with Crippen molar-refractivity contribution in [2.45, 2.75) is 13.8 Å². The van der Waals surface area contributed by atoms with Crippen molar-refractivity contribution in [1.82, 2.24) is 4.90 Å². The van der Waals surface area contributed by atoms with Crippen molar-refractivity contribution in [2.75, 3.05) is 18.8 Å². The first-order valence-electron chi connectivity index (χ1n) is 3.71. The minimum atomic E-state index is -2.93. The Bertz CT molecular complexity index is 262. The average molecular weight is 175 g/mol. The highest BCUT2D eigenvalue weighted by molar-refractivity contribution is 7.94. The number of allylic oxidation sites excluding steroid dienone is 1. The molecule has 1 rings (SSSR count). The third kappa shape index (κ3) is 2.54. The molecule has 0 aromatic rings. The second-order valence-corrected chi connectivity index (χ2v) is 4.84. The van der Waals surface area contributed by atoms with Crippen molar-refractivity contribution in [3.8, 4) is 0 Å². The molecule has 1 saturated heterocycles. The Morgan fingerprint density at radius 1 is 1.55 bits per heavy atom. The van der Waals surface area contributed by atoms with E-state index in [0.717, 1.165) is 18.8 Å². The lowest BCUT2D eigenvalue weighted by atomic mass is 10.6. The normalized spacial score (nSPS) is 18.7. The highest BCUT2D eigenvalue weighted by Crippen LogP contribution is 2.14. The molecule has 1 aliphatic rings. The lowest BCUT2D eigenvalue weighted by Crippen LogP contribution is -2.02. The van der Waals surface area contributed by atoms with Gasteiger partial charge < -0.3 is 4.90 Å². The molecule has 0 amide bonds. The summed E-state index contributed by atoms with van der Waals surface area (Å²) in [7, 11) is -2.93. The number of rotatable bonds is 3. The Hall–Kier alpha value is -0.510. The van der Waals surface area contributed by atoms with Gasteiger partial charge in [-0.1, -0.05) is 6.92 Å². The molecule has 11 heavy (non-hydrogen) atoms. The smallest absolute Gasteiger partial charge is 0.173 e. The minimum absolute atomic E-state index is 0.193. The molecule has 3 nitrogen and oxygen atoms in total. The summed E-state index contributed by atoms with van der Waals surface area (Å²) < 4.78 is 22.1. The standard InChI is InChI=1S/C7H13NO2S/c1-3-11(9,10)6-7(2)8-4-5-8/h6H,3-5H2,1-2H3/b7-6-. The highest BCUT2D eigenvalue weighted by atomic mass is 32.2. The predicted molar refractivity (Wildman–Crippen MR) is 44.8 cm³/mol. The molecule has 0 aliphatic carbocycles. The van der Waals surface area contributed by atoms with Crippen LogP contribution in [-0.4, -0.2) is 32.2 Å². The lowest BCUT2D eigenvalue weighted by Gasteiger charge is -2.00. The third-order valence-corrected chi connectivity index (χ3v) is 3.20. The molecule has 0 saturated carbocycles. The van der Waals surface area contributed by atoms with Crippen molar-refractivity contribution < 1.29 is 8.42 Å². The molecular formula is C7H13NO2S. The summed E-state index contributed by atoms with van der Waals surface area (Å²) in [5.74, 6) is 0.193. The van der Waals surface area contributed by atoms with Gasteiger partial charge in [0.05, 0.1) is 5.75 Å². The average Bonchev–Trinajstić information content (AvgIpc) is 2.67. The van der Waals surface area contributed by atoms with Crippen LogP contribution in [0.3, 0.4) is 0 Å². The fourth-order valence-electron chi connectivity index (χ4n) is 0.820. The lowest BCUT2D eigenvalue weighted by molar-refractivity contribution is 0.603. The van der Waals surface area contributed by atoms with E-state index in [-0.39, 0.29) is 5.75 Å². The summed E-state index contributed by atoms with van der Waals surface area (Å²) in [6.07, 6.45) is 0. The van der Waals surface area contributed by atoms with E-state index >= 15 is 0 Å². The summed E-state index contributed by atoms with van der Waals surface area (Å²) in [5.41, 5.74) is 0.867. The topological polar surface area (TPSA) is 37.1 Å². The van der Waals surface area contributed by atoms with Crippen molar-refractivity contribution in [3.05, 3.63) is 11.1 Å². The van der Waals surface area contributed by atoms with Crippen molar-refractivity contribution in [3.63, 3.8) is 0 Å². The van der Waals surface area contributed by atoms with Gasteiger partial charge >= 0.3 is 0 Å². The molecule has 0 radical (unpaired) electrons. The summed E-state index contributed by atoms with van der Waals surface area (Å²) in [6, 6.07) is 0. The van der Waals surface area contributed by atoms with Crippen molar-refractivity contribution in [2.24, 2.45) is 0 Å². The van der Waals surface area contributed by atoms with Gasteiger partial charge in [-0.3, -0.25) is 0 Å². The van der Waals surface area contributed by atoms with Crippen LogP contribution >= 0.6 is 0 Å². The van der Waals surface area contributed by atoms with Crippen LogP contribution in [0.1, 0.15) is 13.8 Å². The summed E-state index contributed by atoms with van der Waals surface area (Å²) in [6.45, 7) is 5.49. The molecule has 0 spiro atoms. The first-order chi connectivity index (χ1) is 5.05. The third-order valence-electron chi connectivity index (χ3n) is 1.70. The van der Waals surface area contributed by atoms with Crippen LogP contribution in [0.5, 0.6) is 0 Å². The van der Waals surface area contributed by atoms with E-state index < -0.39 is 9.84 Å². The first-order valence-corrected chi connectivity index (χ1v) is 5.42. The maximum atomic E-state index is 11.0. The van der Waals surface area contributed by atoms with E-state index in [9.17, 15) is 8.42 Å². The van der Waals surface area contributed by atoms with Gasteiger partial charge in [-0.25, -0.2) is 8.42 Å². The molecule has 0 atom stereocenters. The van der Waals surface area contributed by atoms with Gasteiger partial charge in [0.2, 0.25) is 0 Å². The van der Waals surface area contributed by atoms with Gasteiger partial charge in [-0.15, -0.1) is 0 Å². The Morgan fingerprint density at radius 2 is 2.09 bits per heavy atom. The maximum absolute atomic E-state index is 11.0. The molecular weight excluding hydrogens is 162 g/mol. The number of hydrogen-bond donors (Lipinski definition) is 0. The van der Waals surface area contributed by atoms with E-state index in [1.165, 1.54) is 5.41 Å². The Labute approximate surface area is 67.6 Å². The van der Waals surface area contributed by atoms with E-state index in [1.54, 1.807) is 6.92 Å². The van der Waals surface area contributed by atoms with Gasteiger partial charge in [0.15, 0.2) is 9.84 Å². The molecule has 0 bridgehead atoms. The van der Waals surface area contributed by atoms with E-state index in [2.05, 4.69) is 0 Å². The van der Waals surface area contributed by atoms with Gasteiger partial charge in [-0.05, 0) is 6.92 Å². The largest absolute Gasteiger partial charge is 0.371 e. The van der Waals surface area contributed by atoms with Gasteiger partial charge in [-0.2, -0.15) is 0 Å². The molecule has 4 heteroatoms. The fraction of sp³-hybridized carbons (Fsp3) is 0.714. The monoisotopic (exact) mass is 175 g/mol. The predicted octanol–water partition coefficient (Wildman–Crippen LogP) is 0.598. The summed E-state index contributed by atoms with van der Waals surface area (Å²) in [5, 5.41) is 1.36. The molecule has 1 heterocycles. The SMILES string of the molecule is CCS(=O)(=O)/C=C(/C)N1CC1.